The largest absolute Gasteiger partial charge is 0.469 e. The standard InChI is InChI=1S/C16H17NO4/c1-3-8-20-16(19)12-4-6-14(7-5-12)17-15(18)13-9-11(2)21-10-13/h4-7,9-10H,3,8H2,1-2H3,(H,17,18). The summed E-state index contributed by atoms with van der Waals surface area (Å²) in [5, 5.41) is 2.73. The van der Waals surface area contributed by atoms with Gasteiger partial charge in [0.05, 0.1) is 17.7 Å². The van der Waals surface area contributed by atoms with Crippen molar-refractivity contribution in [3.8, 4) is 0 Å². The summed E-state index contributed by atoms with van der Waals surface area (Å²) in [5.74, 6) is 0.0579. The van der Waals surface area contributed by atoms with Gasteiger partial charge in [-0.05, 0) is 43.7 Å². The highest BCUT2D eigenvalue weighted by molar-refractivity contribution is 6.04. The van der Waals surface area contributed by atoms with E-state index in [1.54, 1.807) is 37.3 Å². The van der Waals surface area contributed by atoms with Gasteiger partial charge in [0.25, 0.3) is 5.91 Å². The first kappa shape index (κ1) is 14.8. The van der Waals surface area contributed by atoms with Crippen LogP contribution in [0.2, 0.25) is 0 Å². The van der Waals surface area contributed by atoms with E-state index < -0.39 is 0 Å². The number of aryl methyl sites for hydroxylation is 1. The Kier molecular flexibility index (Phi) is 4.77. The molecule has 1 amide bonds. The molecule has 1 aromatic carbocycles. The molecule has 0 radical (unpaired) electrons. The molecular weight excluding hydrogens is 270 g/mol. The Balaban J connectivity index is 1.99. The predicted molar refractivity (Wildman–Crippen MR) is 78.4 cm³/mol. The zero-order valence-electron chi connectivity index (χ0n) is 12.0. The molecule has 1 aromatic heterocycles. The van der Waals surface area contributed by atoms with E-state index in [1.807, 2.05) is 6.92 Å². The lowest BCUT2D eigenvalue weighted by Crippen LogP contribution is -2.11. The summed E-state index contributed by atoms with van der Waals surface area (Å²) in [6, 6.07) is 8.22. The number of amides is 1. The van der Waals surface area contributed by atoms with Gasteiger partial charge >= 0.3 is 5.97 Å². The molecule has 0 aliphatic heterocycles. The van der Waals surface area contributed by atoms with Crippen molar-refractivity contribution in [1.82, 2.24) is 0 Å². The molecule has 21 heavy (non-hydrogen) atoms. The molecule has 0 saturated carbocycles. The lowest BCUT2D eigenvalue weighted by molar-refractivity contribution is 0.0505. The number of rotatable bonds is 5. The molecule has 0 unspecified atom stereocenters. The summed E-state index contributed by atoms with van der Waals surface area (Å²) in [6.07, 6.45) is 2.19. The molecular formula is C16H17NO4. The van der Waals surface area contributed by atoms with Crippen LogP contribution in [0.3, 0.4) is 0 Å². The summed E-state index contributed by atoms with van der Waals surface area (Å²) >= 11 is 0. The Morgan fingerprint density at radius 3 is 2.48 bits per heavy atom. The highest BCUT2D eigenvalue weighted by Crippen LogP contribution is 2.13. The maximum absolute atomic E-state index is 11.9. The minimum Gasteiger partial charge on any atom is -0.469 e. The fourth-order valence-corrected chi connectivity index (χ4v) is 1.73. The number of benzene rings is 1. The molecule has 5 nitrogen and oxygen atoms in total. The van der Waals surface area contributed by atoms with Crippen LogP contribution in [0.1, 0.15) is 39.8 Å². The maximum atomic E-state index is 11.9. The molecule has 110 valence electrons. The van der Waals surface area contributed by atoms with Crippen molar-refractivity contribution in [2.45, 2.75) is 20.3 Å². The third kappa shape index (κ3) is 3.95. The van der Waals surface area contributed by atoms with E-state index in [0.717, 1.165) is 6.42 Å². The Morgan fingerprint density at radius 2 is 1.90 bits per heavy atom. The smallest absolute Gasteiger partial charge is 0.338 e. The van der Waals surface area contributed by atoms with Crippen molar-refractivity contribution in [2.75, 3.05) is 11.9 Å². The van der Waals surface area contributed by atoms with E-state index in [2.05, 4.69) is 5.32 Å². The Morgan fingerprint density at radius 1 is 1.19 bits per heavy atom. The second-order valence-corrected chi connectivity index (χ2v) is 4.61. The topological polar surface area (TPSA) is 68.5 Å². The summed E-state index contributed by atoms with van der Waals surface area (Å²) < 4.78 is 10.1. The van der Waals surface area contributed by atoms with Crippen molar-refractivity contribution in [3.63, 3.8) is 0 Å². The van der Waals surface area contributed by atoms with Crippen LogP contribution in [0.4, 0.5) is 5.69 Å². The van der Waals surface area contributed by atoms with Gasteiger partial charge in [0.15, 0.2) is 0 Å². The van der Waals surface area contributed by atoms with Gasteiger partial charge in [-0.15, -0.1) is 0 Å². The van der Waals surface area contributed by atoms with Gasteiger partial charge in [-0.25, -0.2) is 4.79 Å². The molecule has 0 fully saturated rings. The number of anilines is 1. The number of ether oxygens (including phenoxy) is 1. The first-order valence-corrected chi connectivity index (χ1v) is 6.74. The van der Waals surface area contributed by atoms with E-state index in [9.17, 15) is 9.59 Å². The first-order chi connectivity index (χ1) is 10.1. The highest BCUT2D eigenvalue weighted by atomic mass is 16.5. The van der Waals surface area contributed by atoms with Crippen LogP contribution < -0.4 is 5.32 Å². The van der Waals surface area contributed by atoms with Gasteiger partial charge in [0.2, 0.25) is 0 Å². The average Bonchev–Trinajstić information content (AvgIpc) is 2.92. The van der Waals surface area contributed by atoms with Crippen molar-refractivity contribution < 1.29 is 18.7 Å². The van der Waals surface area contributed by atoms with Crippen LogP contribution in [0, 0.1) is 6.92 Å². The number of esters is 1. The van der Waals surface area contributed by atoms with Crippen LogP contribution in [0.5, 0.6) is 0 Å². The summed E-state index contributed by atoms with van der Waals surface area (Å²) in [5.41, 5.74) is 1.52. The third-order valence-corrected chi connectivity index (χ3v) is 2.81. The fraction of sp³-hybridized carbons (Fsp3) is 0.250. The van der Waals surface area contributed by atoms with Gasteiger partial charge in [-0.2, -0.15) is 0 Å². The minimum atomic E-state index is -0.361. The molecule has 5 heteroatoms. The van der Waals surface area contributed by atoms with Crippen LogP contribution in [0.25, 0.3) is 0 Å². The van der Waals surface area contributed by atoms with Crippen LogP contribution in [-0.4, -0.2) is 18.5 Å². The van der Waals surface area contributed by atoms with E-state index in [-0.39, 0.29) is 11.9 Å². The van der Waals surface area contributed by atoms with E-state index >= 15 is 0 Å². The molecule has 1 heterocycles. The highest BCUT2D eigenvalue weighted by Gasteiger charge is 2.10. The monoisotopic (exact) mass is 287 g/mol. The van der Waals surface area contributed by atoms with E-state index in [4.69, 9.17) is 9.15 Å². The zero-order chi connectivity index (χ0) is 15.2. The number of hydrogen-bond donors (Lipinski definition) is 1. The van der Waals surface area contributed by atoms with Crippen molar-refractivity contribution in [1.29, 1.82) is 0 Å². The second kappa shape index (κ2) is 6.74. The molecule has 0 saturated heterocycles. The number of nitrogens with one attached hydrogen (secondary N) is 1. The van der Waals surface area contributed by atoms with Gasteiger partial charge in [0, 0.05) is 5.69 Å². The van der Waals surface area contributed by atoms with Gasteiger partial charge in [0.1, 0.15) is 12.0 Å². The van der Waals surface area contributed by atoms with Crippen molar-refractivity contribution >= 4 is 17.6 Å². The number of hydrogen-bond acceptors (Lipinski definition) is 4. The lowest BCUT2D eigenvalue weighted by Gasteiger charge is -2.06. The Labute approximate surface area is 122 Å². The van der Waals surface area contributed by atoms with Gasteiger partial charge in [-0.1, -0.05) is 6.92 Å². The average molecular weight is 287 g/mol. The van der Waals surface area contributed by atoms with Crippen LogP contribution in [0.15, 0.2) is 41.0 Å². The molecule has 0 atom stereocenters. The zero-order valence-corrected chi connectivity index (χ0v) is 12.0. The molecule has 0 spiro atoms. The molecule has 0 aliphatic carbocycles. The molecule has 1 N–H and O–H groups in total. The normalized spacial score (nSPS) is 10.2. The van der Waals surface area contributed by atoms with Gasteiger partial charge < -0.3 is 14.5 Å². The quantitative estimate of drug-likeness (QED) is 0.856. The summed E-state index contributed by atoms with van der Waals surface area (Å²) in [4.78, 5) is 23.6. The van der Waals surface area contributed by atoms with Crippen molar-refractivity contribution in [3.05, 3.63) is 53.5 Å². The number of furan rings is 1. The lowest BCUT2D eigenvalue weighted by atomic mass is 10.2. The maximum Gasteiger partial charge on any atom is 0.338 e. The fourth-order valence-electron chi connectivity index (χ4n) is 1.73. The number of carbonyl (C=O) groups is 2. The summed E-state index contributed by atoms with van der Waals surface area (Å²) in [7, 11) is 0. The molecule has 0 bridgehead atoms. The van der Waals surface area contributed by atoms with E-state index in [1.165, 1.54) is 6.26 Å². The Hall–Kier alpha value is -2.56. The third-order valence-electron chi connectivity index (χ3n) is 2.81. The molecule has 0 aliphatic rings. The summed E-state index contributed by atoms with van der Waals surface area (Å²) in [6.45, 7) is 4.11. The predicted octanol–water partition coefficient (Wildman–Crippen LogP) is 3.41. The van der Waals surface area contributed by atoms with Crippen molar-refractivity contribution in [2.24, 2.45) is 0 Å². The first-order valence-electron chi connectivity index (χ1n) is 6.74. The number of carbonyl (C=O) groups excluding carboxylic acids is 2. The van der Waals surface area contributed by atoms with Gasteiger partial charge in [-0.3, -0.25) is 4.79 Å². The van der Waals surface area contributed by atoms with Crippen LogP contribution >= 0.6 is 0 Å². The van der Waals surface area contributed by atoms with E-state index in [0.29, 0.717) is 29.2 Å². The molecule has 2 rings (SSSR count). The van der Waals surface area contributed by atoms with Crippen LogP contribution in [-0.2, 0) is 4.74 Å². The molecule has 2 aromatic rings. The minimum absolute atomic E-state index is 0.256. The Bertz CT molecular complexity index is 628. The SMILES string of the molecule is CCCOC(=O)c1ccc(NC(=O)c2coc(C)c2)cc1. The second-order valence-electron chi connectivity index (χ2n) is 4.61.